The van der Waals surface area contributed by atoms with Gasteiger partial charge in [-0.05, 0) is 42.8 Å². The van der Waals surface area contributed by atoms with Gasteiger partial charge in [0.05, 0.1) is 11.3 Å². The summed E-state index contributed by atoms with van der Waals surface area (Å²) in [5.74, 6) is 0. The summed E-state index contributed by atoms with van der Waals surface area (Å²) >= 11 is 0. The third kappa shape index (κ3) is 2.56. The zero-order valence-corrected chi connectivity index (χ0v) is 9.57. The predicted molar refractivity (Wildman–Crippen MR) is 70.0 cm³/mol. The van der Waals surface area contributed by atoms with E-state index in [4.69, 9.17) is 11.0 Å². The number of rotatable bonds is 2. The summed E-state index contributed by atoms with van der Waals surface area (Å²) in [4.78, 5) is 0. The van der Waals surface area contributed by atoms with Crippen LogP contribution < -0.4 is 11.1 Å². The van der Waals surface area contributed by atoms with Crippen LogP contribution in [0.3, 0.4) is 0 Å². The minimum absolute atomic E-state index is 0.548. The molecule has 84 valence electrons. The van der Waals surface area contributed by atoms with Crippen LogP contribution in [0.1, 0.15) is 11.1 Å². The van der Waals surface area contributed by atoms with Gasteiger partial charge in [0.15, 0.2) is 0 Å². The Morgan fingerprint density at radius 2 is 2.00 bits per heavy atom. The monoisotopic (exact) mass is 223 g/mol. The molecular weight excluding hydrogens is 210 g/mol. The number of nitrogens with zero attached hydrogens (tertiary/aromatic N) is 1. The number of hydrogen-bond donors (Lipinski definition) is 2. The molecule has 0 aliphatic rings. The summed E-state index contributed by atoms with van der Waals surface area (Å²) < 4.78 is 0. The predicted octanol–water partition coefficient (Wildman–Crippen LogP) is 3.19. The Balaban J connectivity index is 2.34. The second kappa shape index (κ2) is 4.58. The highest BCUT2D eigenvalue weighted by Gasteiger charge is 2.02. The molecular formula is C14H13N3. The standard InChI is InChI=1S/C14H13N3/c1-10-3-2-4-13(7-10)17-14-6-5-12(16)8-11(14)9-15/h2-8,17H,16H2,1H3. The largest absolute Gasteiger partial charge is 0.399 e. The van der Waals surface area contributed by atoms with Crippen LogP contribution in [0, 0.1) is 18.3 Å². The van der Waals surface area contributed by atoms with Gasteiger partial charge in [-0.15, -0.1) is 0 Å². The molecule has 0 atom stereocenters. The third-order valence-electron chi connectivity index (χ3n) is 2.46. The topological polar surface area (TPSA) is 61.8 Å². The van der Waals surface area contributed by atoms with Gasteiger partial charge in [0, 0.05) is 11.4 Å². The molecule has 3 N–H and O–H groups in total. The fraction of sp³-hybridized carbons (Fsp3) is 0.0714. The summed E-state index contributed by atoms with van der Waals surface area (Å²) in [6.45, 7) is 2.03. The van der Waals surface area contributed by atoms with Crippen LogP contribution in [-0.4, -0.2) is 0 Å². The number of hydrogen-bond acceptors (Lipinski definition) is 3. The molecule has 2 aromatic rings. The summed E-state index contributed by atoms with van der Waals surface area (Å²) in [7, 11) is 0. The van der Waals surface area contributed by atoms with Crippen molar-refractivity contribution in [2.24, 2.45) is 0 Å². The van der Waals surface area contributed by atoms with Crippen molar-refractivity contribution in [1.82, 2.24) is 0 Å². The Bertz CT molecular complexity index is 582. The summed E-state index contributed by atoms with van der Waals surface area (Å²) in [6, 6.07) is 15.4. The first kappa shape index (κ1) is 11.0. The van der Waals surface area contributed by atoms with Crippen LogP contribution in [-0.2, 0) is 0 Å². The van der Waals surface area contributed by atoms with Crippen LogP contribution in [0.2, 0.25) is 0 Å². The van der Waals surface area contributed by atoms with E-state index in [0.717, 1.165) is 11.4 Å². The number of nitrogen functional groups attached to an aromatic ring is 1. The summed E-state index contributed by atoms with van der Waals surface area (Å²) in [6.07, 6.45) is 0. The van der Waals surface area contributed by atoms with Gasteiger partial charge in [-0.2, -0.15) is 5.26 Å². The van der Waals surface area contributed by atoms with E-state index in [1.165, 1.54) is 5.56 Å². The Labute approximate surface area is 101 Å². The molecule has 2 aromatic carbocycles. The number of nitriles is 1. The minimum atomic E-state index is 0.548. The Kier molecular flexibility index (Phi) is 2.97. The highest BCUT2D eigenvalue weighted by Crippen LogP contribution is 2.22. The molecule has 0 heterocycles. The van der Waals surface area contributed by atoms with Crippen molar-refractivity contribution in [1.29, 1.82) is 5.26 Å². The molecule has 2 rings (SSSR count). The Morgan fingerprint density at radius 3 is 2.71 bits per heavy atom. The van der Waals surface area contributed by atoms with E-state index >= 15 is 0 Å². The first-order valence-corrected chi connectivity index (χ1v) is 5.32. The van der Waals surface area contributed by atoms with Gasteiger partial charge in [0.1, 0.15) is 6.07 Å². The first-order valence-electron chi connectivity index (χ1n) is 5.32. The lowest BCUT2D eigenvalue weighted by Crippen LogP contribution is -1.95. The molecule has 0 saturated heterocycles. The molecule has 0 aliphatic heterocycles. The molecule has 0 fully saturated rings. The van der Waals surface area contributed by atoms with Crippen LogP contribution >= 0.6 is 0 Å². The molecule has 3 nitrogen and oxygen atoms in total. The number of aryl methyl sites for hydroxylation is 1. The van der Waals surface area contributed by atoms with Crippen molar-refractivity contribution >= 4 is 17.1 Å². The second-order valence-electron chi connectivity index (χ2n) is 3.91. The fourth-order valence-electron chi connectivity index (χ4n) is 1.64. The van der Waals surface area contributed by atoms with E-state index in [9.17, 15) is 0 Å². The van der Waals surface area contributed by atoms with Crippen LogP contribution in [0.15, 0.2) is 42.5 Å². The van der Waals surface area contributed by atoms with Crippen molar-refractivity contribution < 1.29 is 0 Å². The van der Waals surface area contributed by atoms with Gasteiger partial charge < -0.3 is 11.1 Å². The van der Waals surface area contributed by atoms with Gasteiger partial charge >= 0.3 is 0 Å². The van der Waals surface area contributed by atoms with Gasteiger partial charge in [0.25, 0.3) is 0 Å². The zero-order valence-electron chi connectivity index (χ0n) is 9.57. The molecule has 3 heteroatoms. The van der Waals surface area contributed by atoms with Crippen molar-refractivity contribution in [2.45, 2.75) is 6.92 Å². The van der Waals surface area contributed by atoms with Crippen molar-refractivity contribution in [2.75, 3.05) is 11.1 Å². The van der Waals surface area contributed by atoms with E-state index in [0.29, 0.717) is 11.3 Å². The maximum atomic E-state index is 9.03. The summed E-state index contributed by atoms with van der Waals surface area (Å²) in [5.41, 5.74) is 9.69. The van der Waals surface area contributed by atoms with E-state index in [1.807, 2.05) is 37.3 Å². The van der Waals surface area contributed by atoms with E-state index in [1.54, 1.807) is 12.1 Å². The maximum absolute atomic E-state index is 9.03. The molecule has 0 radical (unpaired) electrons. The first-order chi connectivity index (χ1) is 8.19. The zero-order chi connectivity index (χ0) is 12.3. The lowest BCUT2D eigenvalue weighted by Gasteiger charge is -2.09. The quantitative estimate of drug-likeness (QED) is 0.768. The highest BCUT2D eigenvalue weighted by molar-refractivity contribution is 5.69. The molecule has 0 amide bonds. The normalized spacial score (nSPS) is 9.65. The Hall–Kier alpha value is -2.47. The number of nitrogens with two attached hydrogens (primary N) is 1. The van der Waals surface area contributed by atoms with Gasteiger partial charge in [-0.3, -0.25) is 0 Å². The molecule has 0 bridgehead atoms. The fourth-order valence-corrected chi connectivity index (χ4v) is 1.64. The van der Waals surface area contributed by atoms with E-state index in [2.05, 4.69) is 11.4 Å². The van der Waals surface area contributed by atoms with Crippen LogP contribution in [0.25, 0.3) is 0 Å². The van der Waals surface area contributed by atoms with E-state index < -0.39 is 0 Å². The number of benzene rings is 2. The van der Waals surface area contributed by atoms with E-state index in [-0.39, 0.29) is 0 Å². The van der Waals surface area contributed by atoms with Gasteiger partial charge in [0.2, 0.25) is 0 Å². The summed E-state index contributed by atoms with van der Waals surface area (Å²) in [5, 5.41) is 12.2. The van der Waals surface area contributed by atoms with Crippen molar-refractivity contribution in [3.05, 3.63) is 53.6 Å². The van der Waals surface area contributed by atoms with Gasteiger partial charge in [-0.1, -0.05) is 12.1 Å². The lowest BCUT2D eigenvalue weighted by molar-refractivity contribution is 1.43. The molecule has 0 spiro atoms. The van der Waals surface area contributed by atoms with Crippen LogP contribution in [0.4, 0.5) is 17.1 Å². The molecule has 0 unspecified atom stereocenters. The van der Waals surface area contributed by atoms with Crippen molar-refractivity contribution in [3.8, 4) is 6.07 Å². The minimum Gasteiger partial charge on any atom is -0.399 e. The third-order valence-corrected chi connectivity index (χ3v) is 2.46. The molecule has 0 aromatic heterocycles. The smallest absolute Gasteiger partial charge is 0.101 e. The Morgan fingerprint density at radius 1 is 1.18 bits per heavy atom. The highest BCUT2D eigenvalue weighted by atomic mass is 14.9. The average Bonchev–Trinajstić information content (AvgIpc) is 2.31. The SMILES string of the molecule is Cc1cccc(Nc2ccc(N)cc2C#N)c1. The number of nitrogens with one attached hydrogen (secondary N) is 1. The van der Waals surface area contributed by atoms with Crippen molar-refractivity contribution in [3.63, 3.8) is 0 Å². The number of anilines is 3. The molecule has 17 heavy (non-hydrogen) atoms. The molecule has 0 aliphatic carbocycles. The maximum Gasteiger partial charge on any atom is 0.101 e. The molecule has 0 saturated carbocycles. The average molecular weight is 223 g/mol. The second-order valence-corrected chi connectivity index (χ2v) is 3.91. The van der Waals surface area contributed by atoms with Crippen LogP contribution in [0.5, 0.6) is 0 Å². The van der Waals surface area contributed by atoms with Gasteiger partial charge in [-0.25, -0.2) is 0 Å². The lowest BCUT2D eigenvalue weighted by atomic mass is 10.1.